The van der Waals surface area contributed by atoms with Crippen LogP contribution in [0.2, 0.25) is 0 Å². The van der Waals surface area contributed by atoms with E-state index in [0.29, 0.717) is 6.10 Å². The molecule has 0 N–H and O–H groups in total. The lowest BCUT2D eigenvalue weighted by molar-refractivity contribution is 0.103. The third-order valence-electron chi connectivity index (χ3n) is 1.63. The fraction of sp³-hybridized carbons (Fsp3) is 1.00. The van der Waals surface area contributed by atoms with Crippen LogP contribution in [-0.4, -0.2) is 12.7 Å². The van der Waals surface area contributed by atoms with Gasteiger partial charge in [-0.05, 0) is 19.3 Å². The van der Waals surface area contributed by atoms with Crippen LogP contribution >= 0.6 is 0 Å². The second kappa shape index (κ2) is 3.08. The van der Waals surface area contributed by atoms with Crippen molar-refractivity contribution in [1.82, 2.24) is 0 Å². The lowest BCUT2D eigenvalue weighted by Crippen LogP contribution is -2.02. The van der Waals surface area contributed by atoms with Crippen LogP contribution < -0.4 is 0 Å². The van der Waals surface area contributed by atoms with E-state index in [9.17, 15) is 0 Å². The topological polar surface area (TPSA) is 9.23 Å². The van der Waals surface area contributed by atoms with E-state index in [1.54, 1.807) is 0 Å². The minimum atomic E-state index is 0.611. The van der Waals surface area contributed by atoms with Crippen molar-refractivity contribution in [2.75, 3.05) is 6.61 Å². The van der Waals surface area contributed by atoms with E-state index in [2.05, 4.69) is 6.92 Å². The van der Waals surface area contributed by atoms with Gasteiger partial charge in [0.25, 0.3) is 0 Å². The molecule has 0 unspecified atom stereocenters. The Hall–Kier alpha value is -0.0400. The first-order valence-electron chi connectivity index (χ1n) is 3.55. The van der Waals surface area contributed by atoms with Crippen molar-refractivity contribution in [3.05, 3.63) is 0 Å². The van der Waals surface area contributed by atoms with Gasteiger partial charge < -0.3 is 4.74 Å². The molecule has 1 heteroatoms. The largest absolute Gasteiger partial charge is 0.378 e. The predicted molar refractivity (Wildman–Crippen MR) is 33.9 cm³/mol. The van der Waals surface area contributed by atoms with Crippen molar-refractivity contribution in [2.24, 2.45) is 0 Å². The number of rotatable bonds is 2. The molecule has 0 bridgehead atoms. The van der Waals surface area contributed by atoms with E-state index >= 15 is 0 Å². The van der Waals surface area contributed by atoms with Gasteiger partial charge in [-0.2, -0.15) is 0 Å². The molecule has 1 aliphatic rings. The Morgan fingerprint density at radius 1 is 1.62 bits per heavy atom. The SMILES string of the molecule is CCC[C@@H]1CCCO1. The third kappa shape index (κ3) is 1.48. The quantitative estimate of drug-likeness (QED) is 0.533. The van der Waals surface area contributed by atoms with Gasteiger partial charge in [0.1, 0.15) is 0 Å². The van der Waals surface area contributed by atoms with E-state index < -0.39 is 0 Å². The van der Waals surface area contributed by atoms with Crippen LogP contribution in [0, 0.1) is 0 Å². The molecule has 0 aliphatic carbocycles. The summed E-state index contributed by atoms with van der Waals surface area (Å²) in [6.45, 7) is 3.21. The van der Waals surface area contributed by atoms with Crippen LogP contribution in [0.4, 0.5) is 0 Å². The summed E-state index contributed by atoms with van der Waals surface area (Å²) in [5.41, 5.74) is 0. The third-order valence-corrected chi connectivity index (χ3v) is 1.63. The fourth-order valence-corrected chi connectivity index (χ4v) is 1.19. The highest BCUT2D eigenvalue weighted by Gasteiger charge is 2.12. The van der Waals surface area contributed by atoms with Gasteiger partial charge in [-0.1, -0.05) is 13.3 Å². The molecule has 0 aromatic carbocycles. The molecule has 1 atom stereocenters. The van der Waals surface area contributed by atoms with Crippen LogP contribution in [0.5, 0.6) is 0 Å². The van der Waals surface area contributed by atoms with Crippen molar-refractivity contribution < 1.29 is 4.74 Å². The molecular weight excluding hydrogens is 100 g/mol. The molecule has 0 spiro atoms. The Balaban J connectivity index is 2.06. The maximum atomic E-state index is 5.39. The van der Waals surface area contributed by atoms with Crippen molar-refractivity contribution in [3.8, 4) is 0 Å². The van der Waals surface area contributed by atoms with Crippen LogP contribution in [0.1, 0.15) is 32.6 Å². The van der Waals surface area contributed by atoms with Gasteiger partial charge in [0.15, 0.2) is 0 Å². The zero-order valence-electron chi connectivity index (χ0n) is 5.52. The number of ether oxygens (including phenoxy) is 1. The normalized spacial score (nSPS) is 28.9. The standard InChI is InChI=1S/C7H14O/c1-2-4-7-5-3-6-8-7/h7H,2-6H2,1H3/t7-/m1/s1. The first kappa shape index (κ1) is 6.09. The Kier molecular flexibility index (Phi) is 2.34. The lowest BCUT2D eigenvalue weighted by Gasteiger charge is -2.04. The molecule has 1 rings (SSSR count). The minimum Gasteiger partial charge on any atom is -0.378 e. The molecule has 0 aromatic rings. The van der Waals surface area contributed by atoms with Gasteiger partial charge in [0.05, 0.1) is 6.10 Å². The smallest absolute Gasteiger partial charge is 0.0575 e. The average Bonchev–Trinajstić information content (AvgIpc) is 2.19. The highest BCUT2D eigenvalue weighted by atomic mass is 16.5. The van der Waals surface area contributed by atoms with Gasteiger partial charge in [0, 0.05) is 6.61 Å². The van der Waals surface area contributed by atoms with Crippen molar-refractivity contribution in [1.29, 1.82) is 0 Å². The molecule has 8 heavy (non-hydrogen) atoms. The van der Waals surface area contributed by atoms with Crippen molar-refractivity contribution >= 4 is 0 Å². The van der Waals surface area contributed by atoms with Gasteiger partial charge >= 0.3 is 0 Å². The van der Waals surface area contributed by atoms with E-state index in [-0.39, 0.29) is 0 Å². The highest BCUT2D eigenvalue weighted by Crippen LogP contribution is 2.15. The minimum absolute atomic E-state index is 0.611. The molecule has 1 nitrogen and oxygen atoms in total. The summed E-state index contributed by atoms with van der Waals surface area (Å²) in [6.07, 6.45) is 5.73. The van der Waals surface area contributed by atoms with Gasteiger partial charge in [-0.25, -0.2) is 0 Å². The molecule has 48 valence electrons. The Morgan fingerprint density at radius 3 is 3.00 bits per heavy atom. The second-order valence-corrected chi connectivity index (χ2v) is 2.42. The van der Waals surface area contributed by atoms with Crippen molar-refractivity contribution in [2.45, 2.75) is 38.7 Å². The Bertz CT molecular complexity index is 55.4. The van der Waals surface area contributed by atoms with Crippen LogP contribution in [-0.2, 0) is 4.74 Å². The summed E-state index contributed by atoms with van der Waals surface area (Å²) in [7, 11) is 0. The molecule has 1 saturated heterocycles. The predicted octanol–water partition coefficient (Wildman–Crippen LogP) is 1.97. The van der Waals surface area contributed by atoms with E-state index in [1.807, 2.05) is 0 Å². The van der Waals surface area contributed by atoms with Crippen LogP contribution in [0.25, 0.3) is 0 Å². The average molecular weight is 114 g/mol. The summed E-state index contributed by atoms with van der Waals surface area (Å²) >= 11 is 0. The summed E-state index contributed by atoms with van der Waals surface area (Å²) in [4.78, 5) is 0. The lowest BCUT2D eigenvalue weighted by atomic mass is 10.1. The maximum Gasteiger partial charge on any atom is 0.0575 e. The van der Waals surface area contributed by atoms with Gasteiger partial charge in [-0.3, -0.25) is 0 Å². The van der Waals surface area contributed by atoms with Gasteiger partial charge in [-0.15, -0.1) is 0 Å². The summed E-state index contributed by atoms with van der Waals surface area (Å²) < 4.78 is 5.39. The van der Waals surface area contributed by atoms with E-state index in [0.717, 1.165) is 6.61 Å². The zero-order valence-corrected chi connectivity index (χ0v) is 5.52. The molecule has 0 radical (unpaired) electrons. The monoisotopic (exact) mass is 114 g/mol. The molecule has 0 saturated carbocycles. The summed E-state index contributed by atoms with van der Waals surface area (Å²) in [5, 5.41) is 0. The molecule has 0 aromatic heterocycles. The Labute approximate surface area is 51.0 Å². The Morgan fingerprint density at radius 2 is 2.50 bits per heavy atom. The summed E-state index contributed by atoms with van der Waals surface area (Å²) in [5.74, 6) is 0. The molecule has 1 heterocycles. The van der Waals surface area contributed by atoms with Crippen LogP contribution in [0.3, 0.4) is 0 Å². The number of hydrogen-bond acceptors (Lipinski definition) is 1. The van der Waals surface area contributed by atoms with E-state index in [4.69, 9.17) is 4.74 Å². The molecule has 1 fully saturated rings. The first-order chi connectivity index (χ1) is 3.93. The highest BCUT2D eigenvalue weighted by molar-refractivity contribution is 4.62. The fourth-order valence-electron chi connectivity index (χ4n) is 1.19. The summed E-state index contributed by atoms with van der Waals surface area (Å²) in [6, 6.07) is 0. The second-order valence-electron chi connectivity index (χ2n) is 2.42. The first-order valence-corrected chi connectivity index (χ1v) is 3.55. The number of hydrogen-bond donors (Lipinski definition) is 0. The van der Waals surface area contributed by atoms with Crippen LogP contribution in [0.15, 0.2) is 0 Å². The van der Waals surface area contributed by atoms with Crippen molar-refractivity contribution in [3.63, 3.8) is 0 Å². The van der Waals surface area contributed by atoms with Gasteiger partial charge in [0.2, 0.25) is 0 Å². The molecular formula is C7H14O. The van der Waals surface area contributed by atoms with E-state index in [1.165, 1.54) is 25.7 Å². The molecule has 1 aliphatic heterocycles. The maximum absolute atomic E-state index is 5.39. The molecule has 0 amide bonds. The zero-order chi connectivity index (χ0) is 5.82.